The highest BCUT2D eigenvalue weighted by Gasteiger charge is 2.36. The van der Waals surface area contributed by atoms with Crippen molar-refractivity contribution in [3.63, 3.8) is 0 Å². The van der Waals surface area contributed by atoms with E-state index in [9.17, 15) is 0 Å². The molecule has 0 nitrogen and oxygen atoms in total. The normalized spacial score (nSPS) is 14.3. The zero-order chi connectivity index (χ0) is 35.2. The summed E-state index contributed by atoms with van der Waals surface area (Å²) in [6.07, 6.45) is 0. The lowest BCUT2D eigenvalue weighted by molar-refractivity contribution is 0.660. The summed E-state index contributed by atoms with van der Waals surface area (Å²) in [5, 5.41) is 4.81. The molecule has 0 N–H and O–H groups in total. The second-order valence-electron chi connectivity index (χ2n) is 15.5. The van der Waals surface area contributed by atoms with Gasteiger partial charge < -0.3 is 0 Å². The van der Waals surface area contributed by atoms with Crippen LogP contribution in [0.5, 0.6) is 0 Å². The van der Waals surface area contributed by atoms with Crippen LogP contribution < -0.4 is 0 Å². The van der Waals surface area contributed by atoms with Crippen molar-refractivity contribution in [2.45, 2.75) is 38.5 Å². The Morgan fingerprint density at radius 2 is 0.827 bits per heavy atom. The summed E-state index contributed by atoms with van der Waals surface area (Å²) in [5.41, 5.74) is 17.9. The lowest BCUT2D eigenvalue weighted by Crippen LogP contribution is -2.15. The summed E-state index contributed by atoms with van der Waals surface area (Å²) in [7, 11) is 0. The molecule has 246 valence electrons. The van der Waals surface area contributed by atoms with E-state index in [2.05, 4.69) is 191 Å². The van der Waals surface area contributed by atoms with Gasteiger partial charge in [-0.1, -0.05) is 167 Å². The van der Waals surface area contributed by atoms with Gasteiger partial charge in [-0.05, 0) is 119 Å². The Hall–Kier alpha value is -6.16. The van der Waals surface area contributed by atoms with E-state index in [-0.39, 0.29) is 10.8 Å². The maximum absolute atomic E-state index is 3.66. The van der Waals surface area contributed by atoms with Gasteiger partial charge in [0.1, 0.15) is 0 Å². The van der Waals surface area contributed by atoms with Gasteiger partial charge in [0.25, 0.3) is 0 Å². The lowest BCUT2D eigenvalue weighted by Gasteiger charge is -2.23. The molecule has 8 aromatic carbocycles. The Labute approximate surface area is 306 Å². The molecule has 10 rings (SSSR count). The maximum atomic E-state index is 3.66. The van der Waals surface area contributed by atoms with Gasteiger partial charge >= 0.3 is 0 Å². The van der Waals surface area contributed by atoms with Gasteiger partial charge in [-0.25, -0.2) is 0 Å². The summed E-state index contributed by atoms with van der Waals surface area (Å²) >= 11 is 0. The number of hydrogen-bond donors (Lipinski definition) is 0. The molecule has 0 spiro atoms. The van der Waals surface area contributed by atoms with Crippen LogP contribution in [-0.2, 0) is 10.8 Å². The molecule has 0 radical (unpaired) electrons. The van der Waals surface area contributed by atoms with Crippen molar-refractivity contribution in [2.75, 3.05) is 0 Å². The fourth-order valence-electron chi connectivity index (χ4n) is 9.20. The zero-order valence-electron chi connectivity index (χ0n) is 30.0. The van der Waals surface area contributed by atoms with Gasteiger partial charge in [-0.3, -0.25) is 0 Å². The van der Waals surface area contributed by atoms with Crippen LogP contribution in [0.4, 0.5) is 0 Å². The molecule has 0 saturated heterocycles. The van der Waals surface area contributed by atoms with Crippen molar-refractivity contribution >= 4 is 21.5 Å². The van der Waals surface area contributed by atoms with Crippen LogP contribution >= 0.6 is 0 Å². The Morgan fingerprint density at radius 3 is 1.50 bits per heavy atom. The number of benzene rings is 8. The van der Waals surface area contributed by atoms with Crippen molar-refractivity contribution < 1.29 is 0 Å². The SMILES string of the molecule is CC1(C)c2ccccc2-c2ccc(-c3ccc4c(C#Cc5ccccc5)c5ccccc5c(-c5ccc6c(c5)C(C)(C)c5ccccc5-6)c4c3)cc21. The first kappa shape index (κ1) is 30.6. The summed E-state index contributed by atoms with van der Waals surface area (Å²) in [6, 6.07) is 58.2. The molecule has 0 unspecified atom stereocenters. The molecule has 2 aliphatic carbocycles. The van der Waals surface area contributed by atoms with Crippen LogP contribution in [0.3, 0.4) is 0 Å². The highest BCUT2D eigenvalue weighted by Crippen LogP contribution is 2.52. The van der Waals surface area contributed by atoms with Gasteiger partial charge in [-0.2, -0.15) is 0 Å². The van der Waals surface area contributed by atoms with E-state index in [0.29, 0.717) is 0 Å². The minimum absolute atomic E-state index is 0.0604. The first-order chi connectivity index (χ1) is 25.3. The van der Waals surface area contributed by atoms with Crippen molar-refractivity contribution in [2.24, 2.45) is 0 Å². The minimum atomic E-state index is -0.0887. The van der Waals surface area contributed by atoms with E-state index < -0.39 is 0 Å². The summed E-state index contributed by atoms with van der Waals surface area (Å²) in [4.78, 5) is 0. The second-order valence-corrected chi connectivity index (χ2v) is 15.5. The van der Waals surface area contributed by atoms with Crippen LogP contribution in [0.15, 0.2) is 158 Å². The first-order valence-electron chi connectivity index (χ1n) is 18.4. The zero-order valence-corrected chi connectivity index (χ0v) is 30.0. The van der Waals surface area contributed by atoms with Crippen molar-refractivity contribution in [1.82, 2.24) is 0 Å². The predicted molar refractivity (Wildman–Crippen MR) is 220 cm³/mol. The Morgan fingerprint density at radius 1 is 0.346 bits per heavy atom. The molecule has 0 aromatic heterocycles. The maximum Gasteiger partial charge on any atom is 0.0406 e. The molecule has 0 amide bonds. The largest absolute Gasteiger partial charge is 0.0622 e. The second kappa shape index (κ2) is 11.2. The number of fused-ring (bicyclic) bond motifs is 8. The monoisotopic (exact) mass is 662 g/mol. The summed E-state index contributed by atoms with van der Waals surface area (Å²) < 4.78 is 0. The molecule has 0 bridgehead atoms. The van der Waals surface area contributed by atoms with Gasteiger partial charge in [0.2, 0.25) is 0 Å². The van der Waals surface area contributed by atoms with Crippen molar-refractivity contribution in [3.05, 3.63) is 191 Å². The smallest absolute Gasteiger partial charge is 0.0406 e. The molecule has 0 atom stereocenters. The molecular weight excluding hydrogens is 625 g/mol. The Balaban J connectivity index is 1.24. The highest BCUT2D eigenvalue weighted by molar-refractivity contribution is 6.17. The predicted octanol–water partition coefficient (Wildman–Crippen LogP) is 13.3. The van der Waals surface area contributed by atoms with Gasteiger partial charge in [-0.15, -0.1) is 0 Å². The van der Waals surface area contributed by atoms with Crippen LogP contribution in [0.1, 0.15) is 61.1 Å². The average Bonchev–Trinajstić information content (AvgIpc) is 3.55. The Bertz CT molecular complexity index is 2830. The van der Waals surface area contributed by atoms with Crippen LogP contribution in [0.2, 0.25) is 0 Å². The van der Waals surface area contributed by atoms with Crippen molar-refractivity contribution in [3.8, 4) is 56.3 Å². The van der Waals surface area contributed by atoms with E-state index in [0.717, 1.165) is 11.1 Å². The minimum Gasteiger partial charge on any atom is -0.0622 e. The molecule has 0 fully saturated rings. The summed E-state index contributed by atoms with van der Waals surface area (Å²) in [5.74, 6) is 7.16. The summed E-state index contributed by atoms with van der Waals surface area (Å²) in [6.45, 7) is 9.45. The van der Waals surface area contributed by atoms with E-state index in [4.69, 9.17) is 0 Å². The fraction of sp³-hybridized carbons (Fsp3) is 0.115. The van der Waals surface area contributed by atoms with E-state index in [1.807, 2.05) is 6.07 Å². The van der Waals surface area contributed by atoms with Crippen molar-refractivity contribution in [1.29, 1.82) is 0 Å². The van der Waals surface area contributed by atoms with E-state index in [1.54, 1.807) is 0 Å². The quantitative estimate of drug-likeness (QED) is 0.128. The topological polar surface area (TPSA) is 0 Å². The molecule has 0 saturated carbocycles. The van der Waals surface area contributed by atoms with Crippen LogP contribution in [0, 0.1) is 11.8 Å². The molecule has 0 aliphatic heterocycles. The number of hydrogen-bond acceptors (Lipinski definition) is 0. The highest BCUT2D eigenvalue weighted by atomic mass is 14.4. The average molecular weight is 663 g/mol. The fourth-order valence-corrected chi connectivity index (χ4v) is 9.20. The van der Waals surface area contributed by atoms with Crippen LogP contribution in [-0.4, -0.2) is 0 Å². The van der Waals surface area contributed by atoms with Gasteiger partial charge in [0, 0.05) is 22.0 Å². The molecule has 0 heteroatoms. The molecule has 52 heavy (non-hydrogen) atoms. The lowest BCUT2D eigenvalue weighted by atomic mass is 9.80. The van der Waals surface area contributed by atoms with Crippen LogP contribution in [0.25, 0.3) is 66.1 Å². The number of rotatable bonds is 2. The van der Waals surface area contributed by atoms with E-state index in [1.165, 1.54) is 88.3 Å². The van der Waals surface area contributed by atoms with E-state index >= 15 is 0 Å². The Kier molecular flexibility index (Phi) is 6.58. The standard InChI is InChI=1S/C52H38/c1-51(2)46-20-12-10-17-40(46)42-28-24-35(31-48(42)51)34-23-27-39-38(26-22-33-14-6-5-7-15-33)37-16-8-9-19-44(37)50(45(39)30-34)36-25-29-43-41-18-11-13-21-47(41)52(3,4)49(43)32-36/h5-21,23-25,27-32H,1-4H3. The van der Waals surface area contributed by atoms with Gasteiger partial charge in [0.15, 0.2) is 0 Å². The van der Waals surface area contributed by atoms with Gasteiger partial charge in [0.05, 0.1) is 0 Å². The first-order valence-corrected chi connectivity index (χ1v) is 18.4. The molecule has 0 heterocycles. The molecule has 8 aromatic rings. The molecule has 2 aliphatic rings. The third kappa shape index (κ3) is 4.43. The molecular formula is C52H38. The third-order valence-corrected chi connectivity index (χ3v) is 11.9. The third-order valence-electron chi connectivity index (χ3n) is 11.9.